The molecule has 0 bridgehead atoms. The number of rotatable bonds is 7. The summed E-state index contributed by atoms with van der Waals surface area (Å²) >= 11 is 5.92. The second kappa shape index (κ2) is 8.62. The Morgan fingerprint density at radius 1 is 1.27 bits per heavy atom. The number of halogens is 1. The zero-order valence-corrected chi connectivity index (χ0v) is 16.3. The van der Waals surface area contributed by atoms with Gasteiger partial charge in [-0.2, -0.15) is 5.10 Å². The molecule has 0 saturated carbocycles. The summed E-state index contributed by atoms with van der Waals surface area (Å²) < 4.78 is 6.87. The lowest BCUT2D eigenvalue weighted by Crippen LogP contribution is -2.19. The quantitative estimate of drug-likeness (QED) is 0.428. The van der Waals surface area contributed by atoms with Crippen LogP contribution in [0.1, 0.15) is 16.1 Å². The fraction of sp³-hybridized carbons (Fsp3) is 0.105. The molecule has 0 aliphatic rings. The van der Waals surface area contributed by atoms with Gasteiger partial charge in [0.05, 0.1) is 16.7 Å². The molecule has 2 N–H and O–H groups in total. The first kappa shape index (κ1) is 20.8. The number of nitro benzene ring substituents is 1. The maximum absolute atomic E-state index is 12.3. The number of nitrogens with one attached hydrogen (secondary N) is 1. The van der Waals surface area contributed by atoms with Gasteiger partial charge in [0.25, 0.3) is 5.69 Å². The second-order valence-electron chi connectivity index (χ2n) is 6.24. The highest BCUT2D eigenvalue weighted by molar-refractivity contribution is 6.30. The van der Waals surface area contributed by atoms with Crippen LogP contribution in [0.5, 0.6) is 11.5 Å². The van der Waals surface area contributed by atoms with Gasteiger partial charge in [-0.1, -0.05) is 11.6 Å². The van der Waals surface area contributed by atoms with Gasteiger partial charge >= 0.3 is 5.97 Å². The molecule has 3 rings (SSSR count). The monoisotopic (exact) mass is 430 g/mol. The van der Waals surface area contributed by atoms with Crippen LogP contribution < -0.4 is 10.1 Å². The molecular formula is C19H15ClN4O6. The summed E-state index contributed by atoms with van der Waals surface area (Å²) in [5.74, 6) is -1.16. The third-order valence-electron chi connectivity index (χ3n) is 3.92. The molecule has 0 aliphatic carbocycles. The number of non-ortho nitro benzene ring substituents is 1. The van der Waals surface area contributed by atoms with E-state index in [1.807, 2.05) is 0 Å². The van der Waals surface area contributed by atoms with Gasteiger partial charge < -0.3 is 15.2 Å². The minimum Gasteiger partial charge on any atom is -0.476 e. The van der Waals surface area contributed by atoms with E-state index in [0.717, 1.165) is 10.2 Å². The van der Waals surface area contributed by atoms with Crippen LogP contribution in [-0.2, 0) is 11.3 Å². The van der Waals surface area contributed by atoms with Crippen LogP contribution in [0.25, 0.3) is 0 Å². The van der Waals surface area contributed by atoms with E-state index in [-0.39, 0.29) is 29.4 Å². The number of nitrogens with zero attached hydrogens (tertiary/aromatic N) is 3. The first-order valence-corrected chi connectivity index (χ1v) is 8.89. The average Bonchev–Trinajstić information content (AvgIpc) is 3.12. The molecule has 3 aromatic rings. The number of hydrogen-bond acceptors (Lipinski definition) is 6. The maximum Gasteiger partial charge on any atom is 0.356 e. The molecule has 10 nitrogen and oxygen atoms in total. The third-order valence-corrected chi connectivity index (χ3v) is 4.15. The minimum atomic E-state index is -1.22. The molecule has 154 valence electrons. The number of aromatic carboxylic acids is 1. The Hall–Kier alpha value is -3.92. The lowest BCUT2D eigenvalue weighted by atomic mass is 10.2. The van der Waals surface area contributed by atoms with Crippen LogP contribution in [0.2, 0.25) is 5.02 Å². The van der Waals surface area contributed by atoms with Crippen molar-refractivity contribution >= 4 is 34.9 Å². The van der Waals surface area contributed by atoms with Gasteiger partial charge in [0.2, 0.25) is 5.91 Å². The molecule has 0 fully saturated rings. The van der Waals surface area contributed by atoms with E-state index in [1.54, 1.807) is 25.1 Å². The smallest absolute Gasteiger partial charge is 0.356 e. The second-order valence-corrected chi connectivity index (χ2v) is 6.67. The summed E-state index contributed by atoms with van der Waals surface area (Å²) in [7, 11) is 0. The van der Waals surface area contributed by atoms with Crippen molar-refractivity contribution in [3.05, 3.63) is 75.1 Å². The Morgan fingerprint density at radius 3 is 2.67 bits per heavy atom. The van der Waals surface area contributed by atoms with Crippen molar-refractivity contribution in [1.82, 2.24) is 9.78 Å². The molecule has 0 radical (unpaired) electrons. The highest BCUT2D eigenvalue weighted by Crippen LogP contribution is 2.32. The molecule has 0 saturated heterocycles. The first-order chi connectivity index (χ1) is 14.2. The number of anilines is 1. The number of nitro groups is 1. The highest BCUT2D eigenvalue weighted by Gasteiger charge is 2.15. The van der Waals surface area contributed by atoms with Crippen molar-refractivity contribution < 1.29 is 24.4 Å². The molecule has 0 aliphatic heterocycles. The predicted molar refractivity (Wildman–Crippen MR) is 107 cm³/mol. The van der Waals surface area contributed by atoms with E-state index in [9.17, 15) is 19.7 Å². The number of ether oxygens (including phenoxy) is 1. The topological polar surface area (TPSA) is 137 Å². The number of carbonyl (C=O) groups is 2. The summed E-state index contributed by atoms with van der Waals surface area (Å²) in [4.78, 5) is 33.8. The number of carbonyl (C=O) groups excluding carboxylic acids is 1. The van der Waals surface area contributed by atoms with Gasteiger partial charge in [0, 0.05) is 23.4 Å². The largest absolute Gasteiger partial charge is 0.476 e. The molecule has 11 heteroatoms. The van der Waals surface area contributed by atoms with Crippen LogP contribution in [0.15, 0.2) is 48.7 Å². The normalized spacial score (nSPS) is 10.5. The van der Waals surface area contributed by atoms with Gasteiger partial charge in [-0.25, -0.2) is 4.79 Å². The predicted octanol–water partition coefficient (Wildman–Crippen LogP) is 3.88. The van der Waals surface area contributed by atoms with E-state index in [4.69, 9.17) is 21.4 Å². The van der Waals surface area contributed by atoms with E-state index >= 15 is 0 Å². The molecule has 0 spiro atoms. The lowest BCUT2D eigenvalue weighted by Gasteiger charge is -2.11. The van der Waals surface area contributed by atoms with Gasteiger partial charge in [0.1, 0.15) is 18.0 Å². The number of carboxylic acid groups (broad SMARTS) is 1. The number of aromatic nitrogens is 2. The Kier molecular flexibility index (Phi) is 5.98. The summed E-state index contributed by atoms with van der Waals surface area (Å²) in [5, 5.41) is 26.9. The molecule has 30 heavy (non-hydrogen) atoms. The Morgan fingerprint density at radius 2 is 2.03 bits per heavy atom. The Labute approximate surface area is 174 Å². The van der Waals surface area contributed by atoms with Gasteiger partial charge in [0.15, 0.2) is 5.69 Å². The number of benzene rings is 2. The zero-order chi connectivity index (χ0) is 21.8. The van der Waals surface area contributed by atoms with E-state index in [2.05, 4.69) is 10.4 Å². The van der Waals surface area contributed by atoms with Crippen molar-refractivity contribution in [3.63, 3.8) is 0 Å². The fourth-order valence-electron chi connectivity index (χ4n) is 2.59. The van der Waals surface area contributed by atoms with Crippen LogP contribution >= 0.6 is 11.6 Å². The van der Waals surface area contributed by atoms with E-state index in [0.29, 0.717) is 10.8 Å². The van der Waals surface area contributed by atoms with E-state index < -0.39 is 16.8 Å². The Bertz CT molecular complexity index is 1140. The summed E-state index contributed by atoms with van der Waals surface area (Å²) in [6.07, 6.45) is 1.34. The maximum atomic E-state index is 12.3. The van der Waals surface area contributed by atoms with Crippen molar-refractivity contribution in [2.45, 2.75) is 13.5 Å². The molecule has 2 aromatic carbocycles. The molecule has 1 amide bonds. The minimum absolute atomic E-state index is 0.140. The first-order valence-electron chi connectivity index (χ1n) is 8.51. The van der Waals surface area contributed by atoms with Crippen LogP contribution in [0.3, 0.4) is 0 Å². The van der Waals surface area contributed by atoms with Crippen molar-refractivity contribution in [1.29, 1.82) is 0 Å². The Balaban J connectivity index is 1.80. The summed E-state index contributed by atoms with van der Waals surface area (Å²) in [6.45, 7) is 1.50. The van der Waals surface area contributed by atoms with E-state index in [1.165, 1.54) is 30.5 Å². The highest BCUT2D eigenvalue weighted by atomic mass is 35.5. The molecule has 0 atom stereocenters. The van der Waals surface area contributed by atoms with Crippen LogP contribution in [-0.4, -0.2) is 31.7 Å². The molecule has 1 heterocycles. The molecule has 0 unspecified atom stereocenters. The lowest BCUT2D eigenvalue weighted by molar-refractivity contribution is -0.384. The van der Waals surface area contributed by atoms with Crippen molar-refractivity contribution in [2.24, 2.45) is 0 Å². The standard InChI is InChI=1S/C19H15ClN4O6/c1-11-6-12(20)2-3-17(11)30-15-8-13(7-14(9-15)24(28)29)21-18(25)10-23-5-4-16(22-23)19(26)27/h2-9H,10H2,1H3,(H,21,25)(H,26,27). The number of amides is 1. The molecular weight excluding hydrogens is 416 g/mol. The number of aryl methyl sites for hydroxylation is 1. The fourth-order valence-corrected chi connectivity index (χ4v) is 2.81. The SMILES string of the molecule is Cc1cc(Cl)ccc1Oc1cc(NC(=O)Cn2ccc(C(=O)O)n2)cc([N+](=O)[O-])c1. The summed E-state index contributed by atoms with van der Waals surface area (Å²) in [5.41, 5.74) is 0.391. The van der Waals surface area contributed by atoms with Crippen LogP contribution in [0.4, 0.5) is 11.4 Å². The zero-order valence-electron chi connectivity index (χ0n) is 15.5. The van der Waals surface area contributed by atoms with Crippen molar-refractivity contribution in [2.75, 3.05) is 5.32 Å². The van der Waals surface area contributed by atoms with Gasteiger partial charge in [-0.15, -0.1) is 0 Å². The number of hydrogen-bond donors (Lipinski definition) is 2. The molecule has 1 aromatic heterocycles. The van der Waals surface area contributed by atoms with Gasteiger partial charge in [-0.05, 0) is 36.8 Å². The van der Waals surface area contributed by atoms with Crippen LogP contribution in [0, 0.1) is 17.0 Å². The van der Waals surface area contributed by atoms with Gasteiger partial charge in [-0.3, -0.25) is 19.6 Å². The third kappa shape index (κ3) is 5.11. The number of carboxylic acids is 1. The van der Waals surface area contributed by atoms with Crippen molar-refractivity contribution in [3.8, 4) is 11.5 Å². The average molecular weight is 431 g/mol. The summed E-state index contributed by atoms with van der Waals surface area (Å²) in [6, 6.07) is 10.0.